The van der Waals surface area contributed by atoms with Gasteiger partial charge < -0.3 is 10.7 Å². The van der Waals surface area contributed by atoms with Gasteiger partial charge in [0.2, 0.25) is 0 Å². The lowest BCUT2D eigenvalue weighted by Gasteiger charge is -2.12. The second kappa shape index (κ2) is 4.01. The first-order valence-electron chi connectivity index (χ1n) is 5.37. The Labute approximate surface area is 85.2 Å². The molecule has 1 aromatic heterocycles. The number of fused-ring (bicyclic) bond motifs is 1. The lowest BCUT2D eigenvalue weighted by molar-refractivity contribution is 0.773. The summed E-state index contributed by atoms with van der Waals surface area (Å²) in [5.74, 6) is 0. The van der Waals surface area contributed by atoms with Crippen LogP contribution in [-0.4, -0.2) is 11.5 Å². The molecule has 2 nitrogen and oxygen atoms in total. The number of nitrogens with two attached hydrogens (primary N) is 1. The molecule has 0 atom stereocenters. The molecule has 1 aliphatic carbocycles. The highest BCUT2D eigenvalue weighted by Crippen LogP contribution is 2.26. The normalized spacial score (nSPS) is 15.1. The maximum atomic E-state index is 5.51. The summed E-state index contributed by atoms with van der Waals surface area (Å²) in [6.45, 7) is 2.92. The number of allylic oxidation sites excluding steroid dienone is 1. The fourth-order valence-electron chi connectivity index (χ4n) is 2.10. The van der Waals surface area contributed by atoms with Crippen LogP contribution in [-0.2, 0) is 6.42 Å². The molecule has 0 saturated carbocycles. The van der Waals surface area contributed by atoms with Crippen LogP contribution >= 0.6 is 0 Å². The zero-order valence-electron chi connectivity index (χ0n) is 8.77. The van der Waals surface area contributed by atoms with Gasteiger partial charge in [-0.3, -0.25) is 0 Å². The summed E-state index contributed by atoms with van der Waals surface area (Å²) in [4.78, 5) is 3.40. The summed E-state index contributed by atoms with van der Waals surface area (Å²) in [7, 11) is 0. The summed E-state index contributed by atoms with van der Waals surface area (Å²) in [6, 6.07) is 2.26. The summed E-state index contributed by atoms with van der Waals surface area (Å²) < 4.78 is 0. The second-order valence-corrected chi connectivity index (χ2v) is 4.09. The molecule has 1 aromatic rings. The third-order valence-corrected chi connectivity index (χ3v) is 2.83. The summed E-state index contributed by atoms with van der Waals surface area (Å²) >= 11 is 0. The van der Waals surface area contributed by atoms with Gasteiger partial charge in [-0.25, -0.2) is 0 Å². The Hall–Kier alpha value is -1.02. The Morgan fingerprint density at radius 2 is 2.29 bits per heavy atom. The van der Waals surface area contributed by atoms with Gasteiger partial charge in [0, 0.05) is 11.4 Å². The van der Waals surface area contributed by atoms with E-state index in [9.17, 15) is 0 Å². The van der Waals surface area contributed by atoms with E-state index in [1.54, 1.807) is 5.57 Å². The third kappa shape index (κ3) is 1.90. The predicted octanol–water partition coefficient (Wildman–Crippen LogP) is 2.39. The predicted molar refractivity (Wildman–Crippen MR) is 60.1 cm³/mol. The first kappa shape index (κ1) is 9.53. The quantitative estimate of drug-likeness (QED) is 0.755. The number of hydrogen-bond acceptors (Lipinski definition) is 1. The molecule has 2 heteroatoms. The molecule has 0 aromatic carbocycles. The van der Waals surface area contributed by atoms with Crippen LogP contribution < -0.4 is 5.73 Å². The number of hydrogen-bond donors (Lipinski definition) is 2. The lowest BCUT2D eigenvalue weighted by atomic mass is 9.94. The maximum Gasteiger partial charge on any atom is 0.0414 e. The van der Waals surface area contributed by atoms with Crippen LogP contribution in [0.25, 0.3) is 6.08 Å². The molecule has 0 aliphatic heterocycles. The Balaban J connectivity index is 2.13. The minimum atomic E-state index is 0.800. The Kier molecular flexibility index (Phi) is 2.73. The van der Waals surface area contributed by atoms with E-state index in [0.717, 1.165) is 19.4 Å². The van der Waals surface area contributed by atoms with E-state index in [2.05, 4.69) is 24.1 Å². The zero-order chi connectivity index (χ0) is 9.97. The average molecular weight is 190 g/mol. The van der Waals surface area contributed by atoms with Gasteiger partial charge in [0.1, 0.15) is 0 Å². The smallest absolute Gasteiger partial charge is 0.0414 e. The number of H-pyrrole nitrogens is 1. The maximum absolute atomic E-state index is 5.51. The van der Waals surface area contributed by atoms with Crippen LogP contribution in [0.4, 0.5) is 0 Å². The van der Waals surface area contributed by atoms with Crippen molar-refractivity contribution in [2.75, 3.05) is 6.54 Å². The van der Waals surface area contributed by atoms with Crippen molar-refractivity contribution in [2.45, 2.75) is 32.6 Å². The van der Waals surface area contributed by atoms with Gasteiger partial charge in [-0.2, -0.15) is 0 Å². The van der Waals surface area contributed by atoms with Crippen LogP contribution in [0.15, 0.2) is 11.6 Å². The van der Waals surface area contributed by atoms with Crippen molar-refractivity contribution < 1.29 is 0 Å². The average Bonchev–Trinajstić information content (AvgIpc) is 2.54. The molecule has 0 fully saturated rings. The highest BCUT2D eigenvalue weighted by Gasteiger charge is 2.11. The van der Waals surface area contributed by atoms with Gasteiger partial charge in [-0.05, 0) is 56.9 Å². The third-order valence-electron chi connectivity index (χ3n) is 2.83. The first-order valence-corrected chi connectivity index (χ1v) is 5.37. The molecule has 0 saturated heterocycles. The van der Waals surface area contributed by atoms with Crippen molar-refractivity contribution in [3.05, 3.63) is 28.6 Å². The monoisotopic (exact) mass is 190 g/mol. The van der Waals surface area contributed by atoms with Crippen LogP contribution in [0.2, 0.25) is 0 Å². The van der Waals surface area contributed by atoms with Crippen LogP contribution in [0.3, 0.4) is 0 Å². The fourth-order valence-corrected chi connectivity index (χ4v) is 2.10. The van der Waals surface area contributed by atoms with E-state index in [1.807, 2.05) is 0 Å². The highest BCUT2D eigenvalue weighted by molar-refractivity contribution is 5.57. The molecular weight excluding hydrogens is 172 g/mol. The van der Waals surface area contributed by atoms with Crippen molar-refractivity contribution >= 4 is 6.08 Å². The molecule has 0 bridgehead atoms. The van der Waals surface area contributed by atoms with E-state index in [0.29, 0.717) is 0 Å². The Morgan fingerprint density at radius 3 is 3.07 bits per heavy atom. The summed E-state index contributed by atoms with van der Waals surface area (Å²) in [6.07, 6.45) is 6.98. The molecule has 14 heavy (non-hydrogen) atoms. The first-order chi connectivity index (χ1) is 6.79. The molecule has 3 N–H and O–H groups in total. The largest absolute Gasteiger partial charge is 0.359 e. The molecule has 0 amide bonds. The van der Waals surface area contributed by atoms with Crippen molar-refractivity contribution in [1.29, 1.82) is 0 Å². The topological polar surface area (TPSA) is 41.8 Å². The van der Waals surface area contributed by atoms with Gasteiger partial charge in [-0.1, -0.05) is 5.57 Å². The van der Waals surface area contributed by atoms with E-state index in [4.69, 9.17) is 5.73 Å². The van der Waals surface area contributed by atoms with Crippen molar-refractivity contribution in [2.24, 2.45) is 5.73 Å². The number of aromatic amines is 1. The summed E-state index contributed by atoms with van der Waals surface area (Å²) in [5, 5.41) is 0. The Morgan fingerprint density at radius 1 is 1.43 bits per heavy atom. The molecule has 1 heterocycles. The molecule has 0 spiro atoms. The van der Waals surface area contributed by atoms with Crippen molar-refractivity contribution in [3.8, 4) is 0 Å². The minimum Gasteiger partial charge on any atom is -0.359 e. The SMILES string of the molecule is Cc1cc2c([nH]1)C=C(CCCN)CC2. The van der Waals surface area contributed by atoms with Crippen LogP contribution in [0.1, 0.15) is 36.2 Å². The van der Waals surface area contributed by atoms with E-state index in [-0.39, 0.29) is 0 Å². The number of nitrogens with one attached hydrogen (secondary N) is 1. The second-order valence-electron chi connectivity index (χ2n) is 4.09. The van der Waals surface area contributed by atoms with E-state index in [1.165, 1.54) is 29.8 Å². The van der Waals surface area contributed by atoms with E-state index < -0.39 is 0 Å². The molecule has 0 unspecified atom stereocenters. The van der Waals surface area contributed by atoms with Crippen LogP contribution in [0.5, 0.6) is 0 Å². The van der Waals surface area contributed by atoms with E-state index >= 15 is 0 Å². The van der Waals surface area contributed by atoms with Gasteiger partial charge in [0.05, 0.1) is 0 Å². The van der Waals surface area contributed by atoms with Gasteiger partial charge in [0.15, 0.2) is 0 Å². The van der Waals surface area contributed by atoms with Gasteiger partial charge >= 0.3 is 0 Å². The standard InChI is InChI=1S/C12H18N2/c1-9-7-11-5-4-10(3-2-6-13)8-12(11)14-9/h7-8,14H,2-6,13H2,1H3. The summed E-state index contributed by atoms with van der Waals surface area (Å²) in [5.41, 5.74) is 11.1. The molecule has 1 aliphatic rings. The Bertz CT molecular complexity index is 347. The van der Waals surface area contributed by atoms with Crippen molar-refractivity contribution in [3.63, 3.8) is 0 Å². The van der Waals surface area contributed by atoms with Crippen molar-refractivity contribution in [1.82, 2.24) is 4.98 Å². The zero-order valence-corrected chi connectivity index (χ0v) is 8.77. The molecule has 2 rings (SSSR count). The molecule has 0 radical (unpaired) electrons. The lowest BCUT2D eigenvalue weighted by Crippen LogP contribution is -2.02. The highest BCUT2D eigenvalue weighted by atomic mass is 14.7. The fraction of sp³-hybridized carbons (Fsp3) is 0.500. The molecule has 76 valence electrons. The van der Waals surface area contributed by atoms with Gasteiger partial charge in [0.25, 0.3) is 0 Å². The number of aryl methyl sites for hydroxylation is 2. The number of aromatic nitrogens is 1. The van der Waals surface area contributed by atoms with Gasteiger partial charge in [-0.15, -0.1) is 0 Å². The minimum absolute atomic E-state index is 0.800. The number of rotatable bonds is 3. The molecular formula is C12H18N2. The van der Waals surface area contributed by atoms with Crippen LogP contribution in [0, 0.1) is 6.92 Å².